The minimum absolute atomic E-state index is 0.0986. The van der Waals surface area contributed by atoms with Crippen LogP contribution in [0.4, 0.5) is 0 Å². The molecule has 1 aliphatic rings. The number of hydrogen-bond donors (Lipinski definition) is 1. The molecule has 1 N–H and O–H groups in total. The normalized spacial score (nSPS) is 17.4. The molecule has 0 aromatic carbocycles. The summed E-state index contributed by atoms with van der Waals surface area (Å²) in [4.78, 5) is 43.6. The van der Waals surface area contributed by atoms with E-state index in [4.69, 9.17) is 9.52 Å². The molecule has 1 atom stereocenters. The first-order valence-electron chi connectivity index (χ1n) is 8.73. The van der Waals surface area contributed by atoms with Crippen molar-refractivity contribution in [2.75, 3.05) is 19.6 Å². The summed E-state index contributed by atoms with van der Waals surface area (Å²) in [5, 5.41) is 9.68. The van der Waals surface area contributed by atoms with Crippen LogP contribution >= 0.6 is 11.3 Å². The summed E-state index contributed by atoms with van der Waals surface area (Å²) in [6.45, 7) is 2.11. The lowest BCUT2D eigenvalue weighted by Gasteiger charge is -2.28. The Morgan fingerprint density at radius 1 is 1.37 bits per heavy atom. The molecule has 2 aromatic rings. The Morgan fingerprint density at radius 3 is 2.85 bits per heavy atom. The van der Waals surface area contributed by atoms with Crippen molar-refractivity contribution in [1.29, 1.82) is 0 Å². The summed E-state index contributed by atoms with van der Waals surface area (Å²) in [5.74, 6) is -0.760. The highest BCUT2D eigenvalue weighted by Crippen LogP contribution is 2.27. The largest absolute Gasteiger partial charge is 0.480 e. The number of aromatic nitrogens is 1. The van der Waals surface area contributed by atoms with E-state index in [-0.39, 0.29) is 24.4 Å². The molecule has 1 saturated heterocycles. The maximum atomic E-state index is 12.8. The molecule has 0 radical (unpaired) electrons. The number of hydrogen-bond acceptors (Lipinski definition) is 6. The quantitative estimate of drug-likeness (QED) is 0.839. The maximum absolute atomic E-state index is 12.8. The van der Waals surface area contributed by atoms with Gasteiger partial charge >= 0.3 is 5.97 Å². The molecular weight excluding hydrogens is 370 g/mol. The smallest absolute Gasteiger partial charge is 0.323 e. The van der Waals surface area contributed by atoms with Crippen LogP contribution in [-0.2, 0) is 9.59 Å². The van der Waals surface area contributed by atoms with Crippen molar-refractivity contribution in [2.24, 2.45) is 0 Å². The number of rotatable bonds is 5. The standard InChI is InChI=1S/C18H21N3O5S/c1-12(22)21(11-16(23)24)13-4-2-7-20(8-6-13)18(25)15-10-19-17(27-15)14-5-3-9-26-14/h3,5,9-10,13H,2,4,6-8,11H2,1H3,(H,23,24). The Morgan fingerprint density at radius 2 is 2.19 bits per heavy atom. The fraction of sp³-hybridized carbons (Fsp3) is 0.444. The zero-order valence-electron chi connectivity index (χ0n) is 15.0. The second-order valence-corrected chi connectivity index (χ2v) is 7.46. The molecular formula is C18H21N3O5S. The van der Waals surface area contributed by atoms with Crippen molar-refractivity contribution in [2.45, 2.75) is 32.2 Å². The molecule has 0 bridgehead atoms. The summed E-state index contributed by atoms with van der Waals surface area (Å²) in [7, 11) is 0. The number of carbonyl (C=O) groups is 3. The fourth-order valence-corrected chi connectivity index (χ4v) is 4.13. The van der Waals surface area contributed by atoms with Crippen LogP contribution in [-0.4, -0.2) is 63.4 Å². The first-order valence-corrected chi connectivity index (χ1v) is 9.55. The number of amides is 2. The van der Waals surface area contributed by atoms with E-state index in [0.29, 0.717) is 48.0 Å². The van der Waals surface area contributed by atoms with Gasteiger partial charge in [-0.15, -0.1) is 11.3 Å². The number of nitrogens with zero attached hydrogens (tertiary/aromatic N) is 3. The van der Waals surface area contributed by atoms with Crippen LogP contribution in [0.1, 0.15) is 35.9 Å². The van der Waals surface area contributed by atoms with E-state index in [0.717, 1.165) is 0 Å². The zero-order valence-corrected chi connectivity index (χ0v) is 15.8. The van der Waals surface area contributed by atoms with Gasteiger partial charge in [-0.2, -0.15) is 0 Å². The summed E-state index contributed by atoms with van der Waals surface area (Å²) in [6, 6.07) is 3.39. The van der Waals surface area contributed by atoms with Gasteiger partial charge in [-0.1, -0.05) is 0 Å². The van der Waals surface area contributed by atoms with Crippen LogP contribution in [0.2, 0.25) is 0 Å². The predicted molar refractivity (Wildman–Crippen MR) is 98.4 cm³/mol. The Hall–Kier alpha value is -2.68. The molecule has 2 amide bonds. The average molecular weight is 391 g/mol. The fourth-order valence-electron chi connectivity index (χ4n) is 3.28. The molecule has 0 aliphatic carbocycles. The van der Waals surface area contributed by atoms with Crippen LogP contribution in [0.25, 0.3) is 10.8 Å². The summed E-state index contributed by atoms with van der Waals surface area (Å²) >= 11 is 1.28. The van der Waals surface area contributed by atoms with Gasteiger partial charge in [0.05, 0.1) is 12.5 Å². The van der Waals surface area contributed by atoms with Crippen molar-refractivity contribution in [3.05, 3.63) is 29.5 Å². The van der Waals surface area contributed by atoms with E-state index in [1.54, 1.807) is 29.5 Å². The first-order chi connectivity index (χ1) is 13.0. The highest BCUT2D eigenvalue weighted by molar-refractivity contribution is 7.16. The third kappa shape index (κ3) is 4.54. The van der Waals surface area contributed by atoms with Crippen LogP contribution in [0.5, 0.6) is 0 Å². The SMILES string of the molecule is CC(=O)N(CC(=O)O)C1CCCN(C(=O)c2cnc(-c3ccco3)s2)CC1. The zero-order chi connectivity index (χ0) is 19.4. The molecule has 1 fully saturated rings. The van der Waals surface area contributed by atoms with Gasteiger partial charge in [0, 0.05) is 26.1 Å². The summed E-state index contributed by atoms with van der Waals surface area (Å²) < 4.78 is 5.31. The summed E-state index contributed by atoms with van der Waals surface area (Å²) in [6.07, 6.45) is 5.06. The van der Waals surface area contributed by atoms with Crippen molar-refractivity contribution in [1.82, 2.24) is 14.8 Å². The third-order valence-corrected chi connectivity index (χ3v) is 5.58. The lowest BCUT2D eigenvalue weighted by Crippen LogP contribution is -2.43. The lowest BCUT2D eigenvalue weighted by molar-refractivity contribution is -0.145. The number of aliphatic carboxylic acids is 1. The number of carboxylic acid groups (broad SMARTS) is 1. The van der Waals surface area contributed by atoms with Gasteiger partial charge in [0.2, 0.25) is 5.91 Å². The van der Waals surface area contributed by atoms with E-state index < -0.39 is 5.97 Å². The molecule has 1 aliphatic heterocycles. The molecule has 0 spiro atoms. The van der Waals surface area contributed by atoms with Gasteiger partial charge in [0.25, 0.3) is 5.91 Å². The molecule has 1 unspecified atom stereocenters. The average Bonchev–Trinajstić information content (AvgIpc) is 3.26. The van der Waals surface area contributed by atoms with E-state index in [9.17, 15) is 14.4 Å². The van der Waals surface area contributed by atoms with Crippen molar-refractivity contribution >= 4 is 29.1 Å². The molecule has 8 nitrogen and oxygen atoms in total. The van der Waals surface area contributed by atoms with Crippen LogP contribution < -0.4 is 0 Å². The Kier molecular flexibility index (Phi) is 5.90. The second-order valence-electron chi connectivity index (χ2n) is 6.42. The van der Waals surface area contributed by atoms with Crippen LogP contribution in [0, 0.1) is 0 Å². The second kappa shape index (κ2) is 8.34. The number of thiazole rings is 1. The first kappa shape index (κ1) is 19.1. The van der Waals surface area contributed by atoms with E-state index in [1.807, 2.05) is 0 Å². The highest BCUT2D eigenvalue weighted by atomic mass is 32.1. The molecule has 3 rings (SSSR count). The maximum Gasteiger partial charge on any atom is 0.323 e. The Balaban J connectivity index is 1.66. The van der Waals surface area contributed by atoms with Crippen molar-refractivity contribution in [3.63, 3.8) is 0 Å². The summed E-state index contributed by atoms with van der Waals surface area (Å²) in [5.41, 5.74) is 0. The van der Waals surface area contributed by atoms with Crippen molar-refractivity contribution < 1.29 is 23.9 Å². The van der Waals surface area contributed by atoms with E-state index in [1.165, 1.54) is 23.2 Å². The van der Waals surface area contributed by atoms with Crippen molar-refractivity contribution in [3.8, 4) is 10.8 Å². The van der Waals surface area contributed by atoms with Gasteiger partial charge < -0.3 is 19.3 Å². The predicted octanol–water partition coefficient (Wildman–Crippen LogP) is 2.33. The monoisotopic (exact) mass is 391 g/mol. The van der Waals surface area contributed by atoms with Gasteiger partial charge in [0.1, 0.15) is 11.4 Å². The van der Waals surface area contributed by atoms with Crippen LogP contribution in [0.3, 0.4) is 0 Å². The van der Waals surface area contributed by atoms with E-state index >= 15 is 0 Å². The molecule has 3 heterocycles. The third-order valence-electron chi connectivity index (χ3n) is 4.58. The molecule has 144 valence electrons. The topological polar surface area (TPSA) is 104 Å². The van der Waals surface area contributed by atoms with Gasteiger partial charge in [0.15, 0.2) is 10.8 Å². The number of carbonyl (C=O) groups excluding carboxylic acids is 2. The van der Waals surface area contributed by atoms with Crippen LogP contribution in [0.15, 0.2) is 29.0 Å². The van der Waals surface area contributed by atoms with Gasteiger partial charge in [-0.25, -0.2) is 4.98 Å². The Labute approximate surface area is 160 Å². The van der Waals surface area contributed by atoms with Gasteiger partial charge in [-0.05, 0) is 31.4 Å². The molecule has 9 heteroatoms. The molecule has 0 saturated carbocycles. The van der Waals surface area contributed by atoms with E-state index in [2.05, 4.69) is 4.98 Å². The number of furan rings is 1. The lowest BCUT2D eigenvalue weighted by atomic mass is 10.1. The number of likely N-dealkylation sites (tertiary alicyclic amines) is 1. The molecule has 27 heavy (non-hydrogen) atoms. The minimum Gasteiger partial charge on any atom is -0.480 e. The minimum atomic E-state index is -1.03. The van der Waals surface area contributed by atoms with Gasteiger partial charge in [-0.3, -0.25) is 14.4 Å². The Bertz CT molecular complexity index is 817. The highest BCUT2D eigenvalue weighted by Gasteiger charge is 2.28. The molecule has 2 aromatic heterocycles. The number of carboxylic acids is 1.